The zero-order valence-electron chi connectivity index (χ0n) is 12.5. The molecule has 108 valence electrons. The van der Waals surface area contributed by atoms with E-state index in [-0.39, 0.29) is 17.9 Å². The number of nitrogens with zero attached hydrogens (tertiary/aromatic N) is 2. The van der Waals surface area contributed by atoms with Crippen molar-refractivity contribution in [1.29, 1.82) is 5.26 Å². The summed E-state index contributed by atoms with van der Waals surface area (Å²) in [6.07, 6.45) is 0. The molecule has 0 aliphatic carbocycles. The number of hydrogen-bond acceptors (Lipinski definition) is 4. The van der Waals surface area contributed by atoms with Gasteiger partial charge in [0.15, 0.2) is 0 Å². The van der Waals surface area contributed by atoms with Gasteiger partial charge >= 0.3 is 0 Å². The standard InChI is InChI=1S/C15H22N4O/c1-10(8-16)9-19(4)12(3)15(20)18-14-6-5-13(17)7-11(14)2/h5-7,10,12H,9,17H2,1-4H3,(H,18,20). The fourth-order valence-corrected chi connectivity index (χ4v) is 1.90. The number of aryl methyl sites for hydroxylation is 1. The summed E-state index contributed by atoms with van der Waals surface area (Å²) in [6, 6.07) is 7.24. The molecule has 0 bridgehead atoms. The molecule has 0 saturated heterocycles. The van der Waals surface area contributed by atoms with Gasteiger partial charge in [-0.05, 0) is 51.6 Å². The van der Waals surface area contributed by atoms with E-state index in [4.69, 9.17) is 11.0 Å². The Kier molecular flexibility index (Phi) is 5.53. The first-order valence-electron chi connectivity index (χ1n) is 6.62. The zero-order valence-corrected chi connectivity index (χ0v) is 12.5. The number of nitrogens with one attached hydrogen (secondary N) is 1. The molecule has 3 N–H and O–H groups in total. The van der Waals surface area contributed by atoms with E-state index in [0.29, 0.717) is 12.2 Å². The number of amides is 1. The van der Waals surface area contributed by atoms with E-state index >= 15 is 0 Å². The average molecular weight is 274 g/mol. The van der Waals surface area contributed by atoms with Gasteiger partial charge < -0.3 is 11.1 Å². The molecule has 0 radical (unpaired) electrons. The third-order valence-electron chi connectivity index (χ3n) is 3.33. The van der Waals surface area contributed by atoms with E-state index in [9.17, 15) is 4.79 Å². The van der Waals surface area contributed by atoms with Crippen LogP contribution in [-0.2, 0) is 4.79 Å². The molecule has 0 aliphatic heterocycles. The van der Waals surface area contributed by atoms with Gasteiger partial charge in [-0.2, -0.15) is 5.26 Å². The quantitative estimate of drug-likeness (QED) is 0.804. The lowest BCUT2D eigenvalue weighted by atomic mass is 10.1. The van der Waals surface area contributed by atoms with Crippen LogP contribution in [0.4, 0.5) is 11.4 Å². The molecule has 1 amide bonds. The van der Waals surface area contributed by atoms with E-state index in [2.05, 4.69) is 11.4 Å². The van der Waals surface area contributed by atoms with Crippen LogP contribution in [0.25, 0.3) is 0 Å². The predicted molar refractivity (Wildman–Crippen MR) is 81.1 cm³/mol. The fourth-order valence-electron chi connectivity index (χ4n) is 1.90. The highest BCUT2D eigenvalue weighted by molar-refractivity contribution is 5.95. The SMILES string of the molecule is Cc1cc(N)ccc1NC(=O)C(C)N(C)CC(C)C#N. The second-order valence-electron chi connectivity index (χ2n) is 5.21. The van der Waals surface area contributed by atoms with Crippen molar-refractivity contribution in [2.75, 3.05) is 24.6 Å². The maximum Gasteiger partial charge on any atom is 0.241 e. The van der Waals surface area contributed by atoms with Crippen molar-refractivity contribution in [1.82, 2.24) is 4.90 Å². The number of carbonyl (C=O) groups is 1. The minimum atomic E-state index is -0.303. The summed E-state index contributed by atoms with van der Waals surface area (Å²) in [5, 5.41) is 11.7. The summed E-state index contributed by atoms with van der Waals surface area (Å²) in [5.41, 5.74) is 8.05. The molecule has 0 heterocycles. The van der Waals surface area contributed by atoms with Crippen molar-refractivity contribution in [3.63, 3.8) is 0 Å². The van der Waals surface area contributed by atoms with Crippen LogP contribution in [0.2, 0.25) is 0 Å². The average Bonchev–Trinajstić information content (AvgIpc) is 2.40. The Hall–Kier alpha value is -2.06. The number of anilines is 2. The van der Waals surface area contributed by atoms with Gasteiger partial charge in [0.2, 0.25) is 5.91 Å². The van der Waals surface area contributed by atoms with Gasteiger partial charge in [-0.25, -0.2) is 0 Å². The van der Waals surface area contributed by atoms with E-state index in [1.165, 1.54) is 0 Å². The van der Waals surface area contributed by atoms with Crippen molar-refractivity contribution >= 4 is 17.3 Å². The van der Waals surface area contributed by atoms with Crippen molar-refractivity contribution in [2.45, 2.75) is 26.8 Å². The number of nitrogens with two attached hydrogens (primary N) is 1. The first kappa shape index (κ1) is 16.0. The van der Waals surface area contributed by atoms with Crippen LogP contribution in [0.1, 0.15) is 19.4 Å². The monoisotopic (exact) mass is 274 g/mol. The third-order valence-corrected chi connectivity index (χ3v) is 3.33. The van der Waals surface area contributed by atoms with Crippen LogP contribution in [0, 0.1) is 24.2 Å². The number of likely N-dealkylation sites (N-methyl/N-ethyl adjacent to an activating group) is 1. The molecule has 1 aromatic rings. The van der Waals surface area contributed by atoms with Crippen molar-refractivity contribution in [3.05, 3.63) is 23.8 Å². The third kappa shape index (κ3) is 4.25. The van der Waals surface area contributed by atoms with Gasteiger partial charge in [0, 0.05) is 17.9 Å². The maximum atomic E-state index is 12.2. The van der Waals surface area contributed by atoms with Crippen LogP contribution in [0.15, 0.2) is 18.2 Å². The topological polar surface area (TPSA) is 82.2 Å². The Bertz CT molecular complexity index is 521. The van der Waals surface area contributed by atoms with Crippen LogP contribution in [0.5, 0.6) is 0 Å². The van der Waals surface area contributed by atoms with Crippen molar-refractivity contribution in [3.8, 4) is 6.07 Å². The number of hydrogen-bond donors (Lipinski definition) is 2. The Balaban J connectivity index is 2.68. The van der Waals surface area contributed by atoms with Crippen LogP contribution >= 0.6 is 0 Å². The summed E-state index contributed by atoms with van der Waals surface area (Å²) in [7, 11) is 1.84. The summed E-state index contributed by atoms with van der Waals surface area (Å²) >= 11 is 0. The lowest BCUT2D eigenvalue weighted by molar-refractivity contribution is -0.120. The normalized spacial score (nSPS) is 13.6. The number of nitrogen functional groups attached to an aromatic ring is 1. The molecule has 0 fully saturated rings. The largest absolute Gasteiger partial charge is 0.399 e. The van der Waals surface area contributed by atoms with Crippen LogP contribution < -0.4 is 11.1 Å². The highest BCUT2D eigenvalue weighted by atomic mass is 16.2. The van der Waals surface area contributed by atoms with E-state index in [1.54, 1.807) is 12.1 Å². The molecule has 2 atom stereocenters. The highest BCUT2D eigenvalue weighted by Gasteiger charge is 2.20. The summed E-state index contributed by atoms with van der Waals surface area (Å²) in [4.78, 5) is 14.1. The second kappa shape index (κ2) is 6.92. The molecular formula is C15H22N4O. The van der Waals surface area contributed by atoms with Gasteiger partial charge in [0.25, 0.3) is 0 Å². The number of benzene rings is 1. The first-order valence-corrected chi connectivity index (χ1v) is 6.62. The molecule has 0 spiro atoms. The smallest absolute Gasteiger partial charge is 0.241 e. The summed E-state index contributed by atoms with van der Waals surface area (Å²) in [5.74, 6) is -0.195. The lowest BCUT2D eigenvalue weighted by Crippen LogP contribution is -2.41. The van der Waals surface area contributed by atoms with E-state index in [1.807, 2.05) is 38.8 Å². The van der Waals surface area contributed by atoms with E-state index in [0.717, 1.165) is 11.3 Å². The van der Waals surface area contributed by atoms with Gasteiger partial charge in [-0.15, -0.1) is 0 Å². The number of nitriles is 1. The lowest BCUT2D eigenvalue weighted by Gasteiger charge is -2.25. The van der Waals surface area contributed by atoms with Crippen molar-refractivity contribution in [2.24, 2.45) is 5.92 Å². The molecule has 1 aromatic carbocycles. The van der Waals surface area contributed by atoms with Crippen molar-refractivity contribution < 1.29 is 4.79 Å². The minimum Gasteiger partial charge on any atom is -0.399 e. The van der Waals surface area contributed by atoms with Gasteiger partial charge in [0.1, 0.15) is 0 Å². The Morgan fingerprint density at radius 2 is 2.15 bits per heavy atom. The molecule has 20 heavy (non-hydrogen) atoms. The molecule has 5 heteroatoms. The zero-order chi connectivity index (χ0) is 15.3. The molecule has 0 saturated carbocycles. The first-order chi connectivity index (χ1) is 9.35. The number of rotatable bonds is 5. The van der Waals surface area contributed by atoms with E-state index < -0.39 is 0 Å². The summed E-state index contributed by atoms with van der Waals surface area (Å²) in [6.45, 7) is 6.13. The second-order valence-corrected chi connectivity index (χ2v) is 5.21. The predicted octanol–water partition coefficient (Wildman–Crippen LogP) is 2.00. The fraction of sp³-hybridized carbons (Fsp3) is 0.467. The summed E-state index contributed by atoms with van der Waals surface area (Å²) < 4.78 is 0. The molecular weight excluding hydrogens is 252 g/mol. The molecule has 0 aromatic heterocycles. The Morgan fingerprint density at radius 3 is 2.70 bits per heavy atom. The number of carbonyl (C=O) groups excluding carboxylic acids is 1. The maximum absolute atomic E-state index is 12.2. The molecule has 2 unspecified atom stereocenters. The Morgan fingerprint density at radius 1 is 1.50 bits per heavy atom. The van der Waals surface area contributed by atoms with Crippen LogP contribution in [-0.4, -0.2) is 30.4 Å². The minimum absolute atomic E-state index is 0.0921. The van der Waals surface area contributed by atoms with Gasteiger partial charge in [0.05, 0.1) is 18.0 Å². The molecule has 0 aliphatic rings. The molecule has 1 rings (SSSR count). The van der Waals surface area contributed by atoms with Gasteiger partial charge in [-0.3, -0.25) is 9.69 Å². The highest BCUT2D eigenvalue weighted by Crippen LogP contribution is 2.18. The Labute approximate surface area is 120 Å². The van der Waals surface area contributed by atoms with Crippen LogP contribution in [0.3, 0.4) is 0 Å². The van der Waals surface area contributed by atoms with Gasteiger partial charge in [-0.1, -0.05) is 0 Å². The molecule has 5 nitrogen and oxygen atoms in total.